The Bertz CT molecular complexity index is 229. The maximum Gasteiger partial charge on any atom is 0.229 e. The lowest BCUT2D eigenvalue weighted by Gasteiger charge is -2.21. The van der Waals surface area contributed by atoms with Gasteiger partial charge in [-0.15, -0.1) is 0 Å². The highest BCUT2D eigenvalue weighted by Crippen LogP contribution is 2.39. The molecular weight excluding hydrogens is 164 g/mol. The van der Waals surface area contributed by atoms with E-state index in [1.165, 1.54) is 0 Å². The van der Waals surface area contributed by atoms with Gasteiger partial charge in [-0.05, 0) is 25.9 Å². The lowest BCUT2D eigenvalue weighted by atomic mass is 9.86. The van der Waals surface area contributed by atoms with Crippen molar-refractivity contribution in [2.24, 2.45) is 5.41 Å². The van der Waals surface area contributed by atoms with E-state index in [0.717, 1.165) is 39.0 Å². The molecule has 0 aromatic carbocycles. The predicted octanol–water partition coefficient (Wildman–Crippen LogP) is 0.560. The summed E-state index contributed by atoms with van der Waals surface area (Å²) in [5.74, 6) is 0.378. The molecule has 13 heavy (non-hydrogen) atoms. The highest BCUT2D eigenvalue weighted by atomic mass is 16.2. The van der Waals surface area contributed by atoms with Gasteiger partial charge in [-0.2, -0.15) is 0 Å². The predicted molar refractivity (Wildman–Crippen MR) is 51.4 cm³/mol. The number of likely N-dealkylation sites (tertiary alicyclic amines) is 2. The maximum atomic E-state index is 11.9. The summed E-state index contributed by atoms with van der Waals surface area (Å²) in [6.45, 7) is 6.31. The molecule has 0 N–H and O–H groups in total. The normalized spacial score (nSPS) is 35.2. The van der Waals surface area contributed by atoms with Gasteiger partial charge in [0.15, 0.2) is 0 Å². The topological polar surface area (TPSA) is 23.6 Å². The van der Waals surface area contributed by atoms with Gasteiger partial charge in [-0.3, -0.25) is 4.79 Å². The number of rotatable bonds is 1. The fourth-order valence-electron chi connectivity index (χ4n) is 2.60. The molecule has 0 aromatic rings. The summed E-state index contributed by atoms with van der Waals surface area (Å²) in [6.07, 6.45) is 2.14. The minimum atomic E-state index is 0.00472. The van der Waals surface area contributed by atoms with Crippen molar-refractivity contribution in [2.75, 3.05) is 33.2 Å². The zero-order valence-electron chi connectivity index (χ0n) is 8.55. The van der Waals surface area contributed by atoms with E-state index in [1.807, 2.05) is 11.9 Å². The standard InChI is InChI=1S/C10H18N2O/c1-3-12-7-5-10(8-12)4-6-11(2)9(10)13/h3-8H2,1-2H3/t10-/m1/s1. The van der Waals surface area contributed by atoms with E-state index in [9.17, 15) is 4.79 Å². The van der Waals surface area contributed by atoms with Gasteiger partial charge >= 0.3 is 0 Å². The summed E-state index contributed by atoms with van der Waals surface area (Å²) in [4.78, 5) is 16.2. The number of nitrogens with zero attached hydrogens (tertiary/aromatic N) is 2. The van der Waals surface area contributed by atoms with Crippen molar-refractivity contribution >= 4 is 5.91 Å². The molecule has 74 valence electrons. The Morgan fingerprint density at radius 3 is 2.54 bits per heavy atom. The van der Waals surface area contributed by atoms with Crippen LogP contribution in [-0.4, -0.2) is 48.9 Å². The summed E-state index contributed by atoms with van der Waals surface area (Å²) in [7, 11) is 1.92. The zero-order valence-corrected chi connectivity index (χ0v) is 8.55. The van der Waals surface area contributed by atoms with Gasteiger partial charge in [-0.1, -0.05) is 6.92 Å². The summed E-state index contributed by atoms with van der Waals surface area (Å²) in [6, 6.07) is 0. The third-order valence-corrected chi connectivity index (χ3v) is 3.61. The van der Waals surface area contributed by atoms with Crippen molar-refractivity contribution in [3.05, 3.63) is 0 Å². The fourth-order valence-corrected chi connectivity index (χ4v) is 2.60. The van der Waals surface area contributed by atoms with E-state index in [0.29, 0.717) is 5.91 Å². The van der Waals surface area contributed by atoms with E-state index < -0.39 is 0 Å². The van der Waals surface area contributed by atoms with Gasteiger partial charge in [0.1, 0.15) is 0 Å². The highest BCUT2D eigenvalue weighted by Gasteiger charge is 2.49. The molecule has 0 unspecified atom stereocenters. The minimum absolute atomic E-state index is 0.00472. The Kier molecular flexibility index (Phi) is 2.06. The molecule has 1 amide bonds. The van der Waals surface area contributed by atoms with Crippen LogP contribution in [0.3, 0.4) is 0 Å². The Morgan fingerprint density at radius 2 is 2.08 bits per heavy atom. The van der Waals surface area contributed by atoms with E-state index in [-0.39, 0.29) is 5.41 Å². The first-order valence-corrected chi connectivity index (χ1v) is 5.16. The molecule has 3 heteroatoms. The number of amides is 1. The van der Waals surface area contributed by atoms with Crippen LogP contribution in [0.1, 0.15) is 19.8 Å². The third-order valence-electron chi connectivity index (χ3n) is 3.61. The van der Waals surface area contributed by atoms with E-state index in [1.54, 1.807) is 0 Å². The SMILES string of the molecule is CCN1CC[C@]2(CCN(C)C2=O)C1. The largest absolute Gasteiger partial charge is 0.345 e. The lowest BCUT2D eigenvalue weighted by Crippen LogP contribution is -2.35. The molecule has 2 rings (SSSR count). The van der Waals surface area contributed by atoms with Gasteiger partial charge < -0.3 is 9.80 Å². The van der Waals surface area contributed by atoms with Crippen LogP contribution in [0.25, 0.3) is 0 Å². The molecule has 2 heterocycles. The van der Waals surface area contributed by atoms with Crippen LogP contribution < -0.4 is 0 Å². The Morgan fingerprint density at radius 1 is 1.38 bits per heavy atom. The smallest absolute Gasteiger partial charge is 0.229 e. The summed E-state index contributed by atoms with van der Waals surface area (Å²) < 4.78 is 0. The molecule has 2 fully saturated rings. The van der Waals surface area contributed by atoms with Crippen LogP contribution in [0.2, 0.25) is 0 Å². The van der Waals surface area contributed by atoms with Crippen molar-refractivity contribution in [1.29, 1.82) is 0 Å². The van der Waals surface area contributed by atoms with Crippen molar-refractivity contribution in [2.45, 2.75) is 19.8 Å². The molecule has 1 atom stereocenters. The van der Waals surface area contributed by atoms with Crippen molar-refractivity contribution < 1.29 is 4.79 Å². The van der Waals surface area contributed by atoms with Crippen LogP contribution in [0.15, 0.2) is 0 Å². The molecular formula is C10H18N2O. The minimum Gasteiger partial charge on any atom is -0.345 e. The first-order chi connectivity index (χ1) is 6.18. The van der Waals surface area contributed by atoms with E-state index in [4.69, 9.17) is 0 Å². The van der Waals surface area contributed by atoms with Gasteiger partial charge in [0.05, 0.1) is 5.41 Å². The zero-order chi connectivity index (χ0) is 9.47. The van der Waals surface area contributed by atoms with Crippen molar-refractivity contribution in [1.82, 2.24) is 9.80 Å². The Balaban J connectivity index is 2.11. The summed E-state index contributed by atoms with van der Waals surface area (Å²) in [5.41, 5.74) is 0.00472. The highest BCUT2D eigenvalue weighted by molar-refractivity contribution is 5.85. The first kappa shape index (κ1) is 9.00. The Hall–Kier alpha value is -0.570. The molecule has 0 aliphatic carbocycles. The molecule has 2 saturated heterocycles. The second-order valence-corrected chi connectivity index (χ2v) is 4.38. The average Bonchev–Trinajstić information content (AvgIpc) is 2.67. The number of carbonyl (C=O) groups excluding carboxylic acids is 1. The van der Waals surface area contributed by atoms with Crippen LogP contribution in [0, 0.1) is 5.41 Å². The van der Waals surface area contributed by atoms with Crippen LogP contribution in [0.4, 0.5) is 0 Å². The molecule has 2 aliphatic heterocycles. The van der Waals surface area contributed by atoms with E-state index in [2.05, 4.69) is 11.8 Å². The van der Waals surface area contributed by atoms with Crippen LogP contribution in [-0.2, 0) is 4.79 Å². The molecule has 0 saturated carbocycles. The molecule has 0 radical (unpaired) electrons. The van der Waals surface area contributed by atoms with E-state index >= 15 is 0 Å². The van der Waals surface area contributed by atoms with Gasteiger partial charge in [0, 0.05) is 20.1 Å². The second kappa shape index (κ2) is 2.98. The number of hydrogen-bond donors (Lipinski definition) is 0. The molecule has 1 spiro atoms. The summed E-state index contributed by atoms with van der Waals surface area (Å²) >= 11 is 0. The fraction of sp³-hybridized carbons (Fsp3) is 0.900. The lowest BCUT2D eigenvalue weighted by molar-refractivity contribution is -0.134. The van der Waals surface area contributed by atoms with Crippen LogP contribution >= 0.6 is 0 Å². The molecule has 2 aliphatic rings. The van der Waals surface area contributed by atoms with Gasteiger partial charge in [0.2, 0.25) is 5.91 Å². The second-order valence-electron chi connectivity index (χ2n) is 4.38. The maximum absolute atomic E-state index is 11.9. The van der Waals surface area contributed by atoms with Gasteiger partial charge in [-0.25, -0.2) is 0 Å². The number of hydrogen-bond acceptors (Lipinski definition) is 2. The Labute approximate surface area is 79.7 Å². The number of carbonyl (C=O) groups is 1. The summed E-state index contributed by atoms with van der Waals surface area (Å²) in [5, 5.41) is 0. The molecule has 3 nitrogen and oxygen atoms in total. The van der Waals surface area contributed by atoms with Gasteiger partial charge in [0.25, 0.3) is 0 Å². The molecule has 0 bridgehead atoms. The third kappa shape index (κ3) is 1.26. The van der Waals surface area contributed by atoms with Crippen LogP contribution in [0.5, 0.6) is 0 Å². The monoisotopic (exact) mass is 182 g/mol. The average molecular weight is 182 g/mol. The molecule has 0 aromatic heterocycles. The van der Waals surface area contributed by atoms with Crippen molar-refractivity contribution in [3.63, 3.8) is 0 Å². The quantitative estimate of drug-likeness (QED) is 0.591. The first-order valence-electron chi connectivity index (χ1n) is 5.16. The van der Waals surface area contributed by atoms with Crippen molar-refractivity contribution in [3.8, 4) is 0 Å².